The standard InChI is InChI=1S/C14H15ClN4O.ClH/c1-8-6-9(15)2-3-11(8)17-14(20)13-10-7-16-5-4-12(10)18-19-13;/h2-3,6,16H,4-5,7H2,1H3,(H,17,20)(H,18,19);1H. The number of hydrogen-bond acceptors (Lipinski definition) is 3. The van der Waals surface area contributed by atoms with Gasteiger partial charge in [-0.05, 0) is 30.7 Å². The lowest BCUT2D eigenvalue weighted by Crippen LogP contribution is -2.25. The fraction of sp³-hybridized carbons (Fsp3) is 0.286. The molecule has 2 aromatic rings. The lowest BCUT2D eigenvalue weighted by molar-refractivity contribution is 0.102. The van der Waals surface area contributed by atoms with Gasteiger partial charge in [0, 0.05) is 41.5 Å². The highest BCUT2D eigenvalue weighted by Crippen LogP contribution is 2.21. The maximum Gasteiger partial charge on any atom is 0.276 e. The van der Waals surface area contributed by atoms with Gasteiger partial charge < -0.3 is 10.6 Å². The van der Waals surface area contributed by atoms with Crippen LogP contribution in [-0.4, -0.2) is 22.6 Å². The Bertz CT molecular complexity index is 669. The number of carbonyl (C=O) groups is 1. The van der Waals surface area contributed by atoms with E-state index in [2.05, 4.69) is 20.8 Å². The summed E-state index contributed by atoms with van der Waals surface area (Å²) in [6.45, 7) is 3.49. The van der Waals surface area contributed by atoms with Gasteiger partial charge in [-0.25, -0.2) is 0 Å². The van der Waals surface area contributed by atoms with Gasteiger partial charge in [0.25, 0.3) is 5.91 Å². The first-order valence-electron chi connectivity index (χ1n) is 6.49. The van der Waals surface area contributed by atoms with Crippen LogP contribution < -0.4 is 10.6 Å². The second kappa shape index (κ2) is 6.47. The third-order valence-corrected chi connectivity index (χ3v) is 3.69. The summed E-state index contributed by atoms with van der Waals surface area (Å²) in [5.41, 5.74) is 4.14. The number of anilines is 1. The lowest BCUT2D eigenvalue weighted by atomic mass is 10.1. The maximum absolute atomic E-state index is 12.3. The van der Waals surface area contributed by atoms with Crippen LogP contribution >= 0.6 is 24.0 Å². The Labute approximate surface area is 133 Å². The van der Waals surface area contributed by atoms with Crippen LogP contribution in [0.2, 0.25) is 5.02 Å². The minimum Gasteiger partial charge on any atom is -0.320 e. The van der Waals surface area contributed by atoms with Gasteiger partial charge in [0.05, 0.1) is 0 Å². The number of halogens is 2. The summed E-state index contributed by atoms with van der Waals surface area (Å²) in [4.78, 5) is 12.3. The molecule has 0 fully saturated rings. The van der Waals surface area contributed by atoms with Gasteiger partial charge in [0.2, 0.25) is 0 Å². The molecule has 1 aliphatic rings. The third kappa shape index (κ3) is 3.20. The fourth-order valence-electron chi connectivity index (χ4n) is 2.36. The van der Waals surface area contributed by atoms with Crippen LogP contribution in [-0.2, 0) is 13.0 Å². The number of rotatable bonds is 2. The molecule has 0 bridgehead atoms. The van der Waals surface area contributed by atoms with Gasteiger partial charge in [-0.2, -0.15) is 5.10 Å². The average Bonchev–Trinajstić information content (AvgIpc) is 2.86. The first-order chi connectivity index (χ1) is 9.65. The molecule has 0 unspecified atom stereocenters. The Kier molecular flexibility index (Phi) is 4.88. The van der Waals surface area contributed by atoms with E-state index >= 15 is 0 Å². The van der Waals surface area contributed by atoms with Crippen molar-refractivity contribution >= 4 is 35.6 Å². The summed E-state index contributed by atoms with van der Waals surface area (Å²) >= 11 is 5.91. The minimum absolute atomic E-state index is 0. The minimum atomic E-state index is -0.198. The van der Waals surface area contributed by atoms with Crippen molar-refractivity contribution in [1.82, 2.24) is 15.5 Å². The maximum atomic E-state index is 12.3. The fourth-order valence-corrected chi connectivity index (χ4v) is 2.59. The van der Waals surface area contributed by atoms with E-state index in [9.17, 15) is 4.79 Å². The largest absolute Gasteiger partial charge is 0.320 e. The van der Waals surface area contributed by atoms with Gasteiger partial charge in [-0.15, -0.1) is 12.4 Å². The highest BCUT2D eigenvalue weighted by atomic mass is 35.5. The van der Waals surface area contributed by atoms with Crippen molar-refractivity contribution in [3.05, 3.63) is 45.7 Å². The number of nitrogens with zero attached hydrogens (tertiary/aromatic N) is 1. The molecule has 0 atom stereocenters. The summed E-state index contributed by atoms with van der Waals surface area (Å²) in [5, 5.41) is 13.9. The van der Waals surface area contributed by atoms with Crippen LogP contribution in [0.1, 0.15) is 27.3 Å². The van der Waals surface area contributed by atoms with E-state index in [1.807, 2.05) is 13.0 Å². The zero-order valence-electron chi connectivity index (χ0n) is 11.5. The molecule has 7 heteroatoms. The normalized spacial score (nSPS) is 13.2. The number of benzene rings is 1. The van der Waals surface area contributed by atoms with E-state index in [0.717, 1.165) is 35.5 Å². The number of carbonyl (C=O) groups excluding carboxylic acids is 1. The highest BCUT2D eigenvalue weighted by Gasteiger charge is 2.21. The number of amides is 1. The first-order valence-corrected chi connectivity index (χ1v) is 6.87. The second-order valence-electron chi connectivity index (χ2n) is 4.87. The smallest absolute Gasteiger partial charge is 0.276 e. The quantitative estimate of drug-likeness (QED) is 0.794. The third-order valence-electron chi connectivity index (χ3n) is 3.46. The molecule has 0 radical (unpaired) electrons. The predicted octanol–water partition coefficient (Wildman–Crippen LogP) is 2.69. The van der Waals surface area contributed by atoms with Crippen LogP contribution in [0.25, 0.3) is 0 Å². The second-order valence-corrected chi connectivity index (χ2v) is 5.31. The molecule has 0 aliphatic carbocycles. The highest BCUT2D eigenvalue weighted by molar-refractivity contribution is 6.30. The van der Waals surface area contributed by atoms with E-state index in [1.165, 1.54) is 0 Å². The van der Waals surface area contributed by atoms with Crippen LogP contribution in [0.3, 0.4) is 0 Å². The molecule has 0 saturated heterocycles. The van der Waals surface area contributed by atoms with Crippen molar-refractivity contribution in [1.29, 1.82) is 0 Å². The summed E-state index contributed by atoms with van der Waals surface area (Å²) in [5.74, 6) is -0.198. The Morgan fingerprint density at radius 3 is 3.00 bits per heavy atom. The summed E-state index contributed by atoms with van der Waals surface area (Å²) in [7, 11) is 0. The average molecular weight is 327 g/mol. The zero-order chi connectivity index (χ0) is 14.1. The molecular weight excluding hydrogens is 311 g/mol. The molecule has 1 aromatic heterocycles. The predicted molar refractivity (Wildman–Crippen MR) is 85.4 cm³/mol. The molecule has 21 heavy (non-hydrogen) atoms. The van der Waals surface area contributed by atoms with Gasteiger partial charge >= 0.3 is 0 Å². The first kappa shape index (κ1) is 15.8. The summed E-state index contributed by atoms with van der Waals surface area (Å²) < 4.78 is 0. The Balaban J connectivity index is 0.00000161. The monoisotopic (exact) mass is 326 g/mol. The SMILES string of the molecule is Cc1cc(Cl)ccc1NC(=O)c1n[nH]c2c1CNCC2.Cl. The van der Waals surface area contributed by atoms with Gasteiger partial charge in [-0.3, -0.25) is 9.89 Å². The van der Waals surface area contributed by atoms with Gasteiger partial charge in [0.15, 0.2) is 5.69 Å². The molecule has 1 amide bonds. The van der Waals surface area contributed by atoms with E-state index in [0.29, 0.717) is 17.3 Å². The lowest BCUT2D eigenvalue weighted by Gasteiger charge is -2.13. The van der Waals surface area contributed by atoms with Crippen molar-refractivity contribution in [3.63, 3.8) is 0 Å². The van der Waals surface area contributed by atoms with Crippen LogP contribution in [0.15, 0.2) is 18.2 Å². The molecule has 3 N–H and O–H groups in total. The van der Waals surface area contributed by atoms with E-state index in [4.69, 9.17) is 11.6 Å². The molecule has 1 aromatic carbocycles. The Morgan fingerprint density at radius 2 is 2.24 bits per heavy atom. The zero-order valence-corrected chi connectivity index (χ0v) is 13.1. The number of fused-ring (bicyclic) bond motifs is 1. The van der Waals surface area contributed by atoms with Gasteiger partial charge in [0.1, 0.15) is 0 Å². The number of hydrogen-bond donors (Lipinski definition) is 3. The van der Waals surface area contributed by atoms with Crippen LogP contribution in [0.4, 0.5) is 5.69 Å². The Hall–Kier alpha value is -1.56. The summed E-state index contributed by atoms with van der Waals surface area (Å²) in [6, 6.07) is 5.37. The topological polar surface area (TPSA) is 69.8 Å². The number of aryl methyl sites for hydroxylation is 1. The number of aromatic amines is 1. The molecule has 112 valence electrons. The van der Waals surface area contributed by atoms with Gasteiger partial charge in [-0.1, -0.05) is 11.6 Å². The molecular formula is C14H16Cl2N4O. The molecule has 3 rings (SSSR count). The molecule has 1 aliphatic heterocycles. The molecule has 0 saturated carbocycles. The number of H-pyrrole nitrogens is 1. The van der Waals surface area contributed by atoms with Crippen molar-refractivity contribution in [2.75, 3.05) is 11.9 Å². The van der Waals surface area contributed by atoms with Crippen molar-refractivity contribution < 1.29 is 4.79 Å². The van der Waals surface area contributed by atoms with Crippen molar-refractivity contribution in [3.8, 4) is 0 Å². The molecule has 2 heterocycles. The molecule has 5 nitrogen and oxygen atoms in total. The van der Waals surface area contributed by atoms with Crippen LogP contribution in [0.5, 0.6) is 0 Å². The van der Waals surface area contributed by atoms with E-state index in [-0.39, 0.29) is 18.3 Å². The Morgan fingerprint density at radius 1 is 1.43 bits per heavy atom. The van der Waals surface area contributed by atoms with Crippen molar-refractivity contribution in [2.24, 2.45) is 0 Å². The molecule has 0 spiro atoms. The number of nitrogens with one attached hydrogen (secondary N) is 3. The van der Waals surface area contributed by atoms with Crippen molar-refractivity contribution in [2.45, 2.75) is 19.9 Å². The number of aromatic nitrogens is 2. The summed E-state index contributed by atoms with van der Waals surface area (Å²) in [6.07, 6.45) is 0.871. The van der Waals surface area contributed by atoms with Crippen LogP contribution in [0, 0.1) is 6.92 Å². The van der Waals surface area contributed by atoms with E-state index in [1.54, 1.807) is 12.1 Å². The van der Waals surface area contributed by atoms with E-state index < -0.39 is 0 Å².